The van der Waals surface area contributed by atoms with E-state index in [1.165, 1.54) is 4.90 Å². The molecule has 1 saturated carbocycles. The van der Waals surface area contributed by atoms with Gasteiger partial charge in [0.15, 0.2) is 0 Å². The molecule has 1 N–H and O–H groups in total. The number of imide groups is 1. The van der Waals surface area contributed by atoms with E-state index in [2.05, 4.69) is 5.32 Å². The molecule has 3 amide bonds. The van der Waals surface area contributed by atoms with E-state index >= 15 is 0 Å². The number of benzene rings is 1. The molecule has 2 fully saturated rings. The lowest BCUT2D eigenvalue weighted by atomic mass is 9.91. The molecule has 1 saturated heterocycles. The SMILES string of the molecule is O=C1CCC(c2ccccc2)NC(=O)N1C1CCC1. The van der Waals surface area contributed by atoms with Crippen LogP contribution in [0.1, 0.15) is 43.7 Å². The van der Waals surface area contributed by atoms with Gasteiger partial charge in [0, 0.05) is 12.5 Å². The molecule has 0 spiro atoms. The van der Waals surface area contributed by atoms with Crippen molar-refractivity contribution in [2.75, 3.05) is 0 Å². The Labute approximate surface area is 112 Å². The van der Waals surface area contributed by atoms with Gasteiger partial charge in [-0.15, -0.1) is 0 Å². The number of hydrogen-bond acceptors (Lipinski definition) is 2. The fraction of sp³-hybridized carbons (Fsp3) is 0.467. The van der Waals surface area contributed by atoms with Crippen LogP contribution in [0.4, 0.5) is 4.79 Å². The summed E-state index contributed by atoms with van der Waals surface area (Å²) in [6, 6.07) is 9.71. The van der Waals surface area contributed by atoms with Crippen LogP contribution in [0.15, 0.2) is 30.3 Å². The number of hydrogen-bond donors (Lipinski definition) is 1. The molecular formula is C15H18N2O2. The number of carbonyl (C=O) groups excluding carboxylic acids is 2. The summed E-state index contributed by atoms with van der Waals surface area (Å²) in [5, 5.41) is 2.99. The lowest BCUT2D eigenvalue weighted by Crippen LogP contribution is -2.50. The maximum absolute atomic E-state index is 12.2. The van der Waals surface area contributed by atoms with Gasteiger partial charge in [-0.2, -0.15) is 0 Å². The van der Waals surface area contributed by atoms with Crippen LogP contribution in [0.25, 0.3) is 0 Å². The lowest BCUT2D eigenvalue weighted by molar-refractivity contribution is -0.130. The molecule has 19 heavy (non-hydrogen) atoms. The standard InChI is InChI=1S/C15H18N2O2/c18-14-10-9-13(11-5-2-1-3-6-11)16-15(19)17(14)12-7-4-8-12/h1-3,5-6,12-13H,4,7-10H2,(H,16,19). The Morgan fingerprint density at radius 1 is 1.05 bits per heavy atom. The zero-order chi connectivity index (χ0) is 13.2. The molecule has 1 aromatic carbocycles. The van der Waals surface area contributed by atoms with Gasteiger partial charge in [0.1, 0.15) is 0 Å². The molecule has 2 aliphatic rings. The molecule has 1 heterocycles. The Morgan fingerprint density at radius 2 is 1.79 bits per heavy atom. The van der Waals surface area contributed by atoms with Gasteiger partial charge in [-0.1, -0.05) is 30.3 Å². The Bertz CT molecular complexity index is 482. The monoisotopic (exact) mass is 258 g/mol. The second-order valence-electron chi connectivity index (χ2n) is 5.30. The predicted octanol–water partition coefficient (Wildman–Crippen LogP) is 2.61. The third-order valence-electron chi connectivity index (χ3n) is 4.07. The minimum absolute atomic E-state index is 0.0272. The minimum atomic E-state index is -0.221. The molecule has 3 rings (SSSR count). The molecular weight excluding hydrogens is 240 g/mol. The predicted molar refractivity (Wildman–Crippen MR) is 71.4 cm³/mol. The average Bonchev–Trinajstić information content (AvgIpc) is 2.51. The highest BCUT2D eigenvalue weighted by Gasteiger charge is 2.36. The molecule has 0 bridgehead atoms. The van der Waals surface area contributed by atoms with Crippen LogP contribution in [0.5, 0.6) is 0 Å². The van der Waals surface area contributed by atoms with Crippen LogP contribution in [0.3, 0.4) is 0 Å². The topological polar surface area (TPSA) is 49.4 Å². The highest BCUT2D eigenvalue weighted by Crippen LogP contribution is 2.29. The summed E-state index contributed by atoms with van der Waals surface area (Å²) >= 11 is 0. The van der Waals surface area contributed by atoms with Gasteiger partial charge >= 0.3 is 6.03 Å². The van der Waals surface area contributed by atoms with Gasteiger partial charge < -0.3 is 5.32 Å². The molecule has 4 nitrogen and oxygen atoms in total. The third kappa shape index (κ3) is 2.35. The van der Waals surface area contributed by atoms with Crippen molar-refractivity contribution in [3.63, 3.8) is 0 Å². The molecule has 0 radical (unpaired) electrons. The summed E-state index contributed by atoms with van der Waals surface area (Å²) in [5.41, 5.74) is 1.07. The summed E-state index contributed by atoms with van der Waals surface area (Å²) < 4.78 is 0. The number of urea groups is 1. The number of amides is 3. The van der Waals surface area contributed by atoms with Crippen LogP contribution < -0.4 is 5.32 Å². The minimum Gasteiger partial charge on any atom is -0.331 e. The molecule has 1 aliphatic carbocycles. The quantitative estimate of drug-likeness (QED) is 0.886. The van der Waals surface area contributed by atoms with E-state index < -0.39 is 0 Å². The van der Waals surface area contributed by atoms with E-state index in [4.69, 9.17) is 0 Å². The second-order valence-corrected chi connectivity index (χ2v) is 5.30. The maximum Gasteiger partial charge on any atom is 0.324 e. The summed E-state index contributed by atoms with van der Waals surface area (Å²) in [7, 11) is 0. The second kappa shape index (κ2) is 5.03. The molecule has 1 aromatic rings. The van der Waals surface area contributed by atoms with Gasteiger partial charge in [-0.05, 0) is 31.2 Å². The van der Waals surface area contributed by atoms with Crippen molar-refractivity contribution in [2.45, 2.75) is 44.2 Å². The molecule has 1 aliphatic heterocycles. The van der Waals surface area contributed by atoms with Gasteiger partial charge in [0.25, 0.3) is 0 Å². The first-order chi connectivity index (χ1) is 9.25. The van der Waals surface area contributed by atoms with E-state index in [1.54, 1.807) is 0 Å². The third-order valence-corrected chi connectivity index (χ3v) is 4.07. The van der Waals surface area contributed by atoms with Crippen molar-refractivity contribution < 1.29 is 9.59 Å². The van der Waals surface area contributed by atoms with Crippen molar-refractivity contribution in [3.8, 4) is 0 Å². The normalized spacial score (nSPS) is 24.6. The summed E-state index contributed by atoms with van der Waals surface area (Å²) in [5.74, 6) is -0.0272. The van der Waals surface area contributed by atoms with Gasteiger partial charge in [-0.3, -0.25) is 9.69 Å². The van der Waals surface area contributed by atoms with E-state index in [-0.39, 0.29) is 24.0 Å². The Balaban J connectivity index is 1.78. The smallest absolute Gasteiger partial charge is 0.324 e. The fourth-order valence-corrected chi connectivity index (χ4v) is 2.74. The van der Waals surface area contributed by atoms with Crippen LogP contribution >= 0.6 is 0 Å². The highest BCUT2D eigenvalue weighted by molar-refractivity contribution is 5.96. The van der Waals surface area contributed by atoms with E-state index in [1.807, 2.05) is 30.3 Å². The largest absolute Gasteiger partial charge is 0.331 e. The van der Waals surface area contributed by atoms with Crippen LogP contribution in [-0.4, -0.2) is 22.9 Å². The maximum atomic E-state index is 12.2. The van der Waals surface area contributed by atoms with Crippen molar-refractivity contribution in [1.29, 1.82) is 0 Å². The summed E-state index contributed by atoms with van der Waals surface area (Å²) in [6.45, 7) is 0. The van der Waals surface area contributed by atoms with Gasteiger partial charge in [0.2, 0.25) is 5.91 Å². The number of nitrogens with one attached hydrogen (secondary N) is 1. The lowest BCUT2D eigenvalue weighted by Gasteiger charge is -2.35. The molecule has 1 unspecified atom stereocenters. The highest BCUT2D eigenvalue weighted by atomic mass is 16.2. The summed E-state index contributed by atoms with van der Waals surface area (Å²) in [6.07, 6.45) is 4.14. The van der Waals surface area contributed by atoms with Gasteiger partial charge in [0.05, 0.1) is 6.04 Å². The first-order valence-electron chi connectivity index (χ1n) is 6.93. The molecule has 1 atom stereocenters. The van der Waals surface area contributed by atoms with Crippen molar-refractivity contribution in [2.24, 2.45) is 0 Å². The first-order valence-corrected chi connectivity index (χ1v) is 6.93. The van der Waals surface area contributed by atoms with E-state index in [0.717, 1.165) is 24.8 Å². The number of carbonyl (C=O) groups is 2. The van der Waals surface area contributed by atoms with Gasteiger partial charge in [-0.25, -0.2) is 4.79 Å². The fourth-order valence-electron chi connectivity index (χ4n) is 2.74. The molecule has 4 heteroatoms. The average molecular weight is 258 g/mol. The van der Waals surface area contributed by atoms with Crippen LogP contribution in [0, 0.1) is 0 Å². The molecule has 0 aromatic heterocycles. The summed E-state index contributed by atoms with van der Waals surface area (Å²) in [4.78, 5) is 25.8. The Hall–Kier alpha value is -1.84. The zero-order valence-corrected chi connectivity index (χ0v) is 10.8. The van der Waals surface area contributed by atoms with E-state index in [9.17, 15) is 9.59 Å². The Kier molecular flexibility index (Phi) is 3.23. The van der Waals surface area contributed by atoms with Crippen molar-refractivity contribution in [1.82, 2.24) is 10.2 Å². The first kappa shape index (κ1) is 12.2. The number of rotatable bonds is 2. The van der Waals surface area contributed by atoms with Crippen LogP contribution in [0.2, 0.25) is 0 Å². The van der Waals surface area contributed by atoms with Crippen LogP contribution in [-0.2, 0) is 4.79 Å². The Morgan fingerprint density at radius 3 is 2.42 bits per heavy atom. The molecule has 100 valence electrons. The van der Waals surface area contributed by atoms with E-state index in [0.29, 0.717) is 12.8 Å². The number of nitrogens with zero attached hydrogens (tertiary/aromatic N) is 1. The van der Waals surface area contributed by atoms with Crippen molar-refractivity contribution >= 4 is 11.9 Å². The van der Waals surface area contributed by atoms with Crippen molar-refractivity contribution in [3.05, 3.63) is 35.9 Å². The zero-order valence-electron chi connectivity index (χ0n) is 10.8.